The second-order valence-electron chi connectivity index (χ2n) is 7.31. The molecule has 7 nitrogen and oxygen atoms in total. The highest BCUT2D eigenvalue weighted by molar-refractivity contribution is 5.92. The van der Waals surface area contributed by atoms with Crippen molar-refractivity contribution in [1.29, 1.82) is 5.41 Å². The van der Waals surface area contributed by atoms with E-state index < -0.39 is 0 Å². The van der Waals surface area contributed by atoms with Gasteiger partial charge in [0.25, 0.3) is 0 Å². The van der Waals surface area contributed by atoms with Crippen LogP contribution in [0.5, 0.6) is 0 Å². The Kier molecular flexibility index (Phi) is 5.23. The smallest absolute Gasteiger partial charge is 0.328 e. The molecule has 1 aromatic carbocycles. The van der Waals surface area contributed by atoms with Gasteiger partial charge in [-0.2, -0.15) is 0 Å². The molecule has 146 valence electrons. The van der Waals surface area contributed by atoms with Gasteiger partial charge < -0.3 is 4.74 Å². The van der Waals surface area contributed by atoms with Gasteiger partial charge in [0.05, 0.1) is 18.5 Å². The summed E-state index contributed by atoms with van der Waals surface area (Å²) in [5.74, 6) is 0.683. The molecule has 1 aliphatic carbocycles. The molecule has 4 rings (SSSR count). The predicted octanol–water partition coefficient (Wildman–Crippen LogP) is 3.73. The van der Waals surface area contributed by atoms with Crippen molar-refractivity contribution >= 4 is 17.2 Å². The van der Waals surface area contributed by atoms with Gasteiger partial charge in [-0.25, -0.2) is 14.8 Å². The molecule has 0 atom stereocenters. The molecule has 0 radical (unpaired) electrons. The summed E-state index contributed by atoms with van der Waals surface area (Å²) in [6.45, 7) is 3.02. The molecule has 0 unspecified atom stereocenters. The van der Waals surface area contributed by atoms with Crippen LogP contribution in [-0.4, -0.2) is 32.0 Å². The Balaban J connectivity index is 1.64. The van der Waals surface area contributed by atoms with Crippen LogP contribution in [0.25, 0.3) is 22.6 Å². The van der Waals surface area contributed by atoms with Crippen molar-refractivity contribution < 1.29 is 4.74 Å². The van der Waals surface area contributed by atoms with Gasteiger partial charge in [0.1, 0.15) is 0 Å². The molecule has 0 saturated heterocycles. The fourth-order valence-corrected chi connectivity index (χ4v) is 3.88. The van der Waals surface area contributed by atoms with Gasteiger partial charge in [-0.3, -0.25) is 15.0 Å². The van der Waals surface area contributed by atoms with Crippen molar-refractivity contribution in [3.05, 3.63) is 46.5 Å². The van der Waals surface area contributed by atoms with Gasteiger partial charge in [0.15, 0.2) is 11.3 Å². The lowest BCUT2D eigenvalue weighted by Gasteiger charge is -2.21. The van der Waals surface area contributed by atoms with E-state index in [-0.39, 0.29) is 11.6 Å². The average molecular weight is 379 g/mol. The number of H-pyrrole nitrogens is 1. The van der Waals surface area contributed by atoms with Crippen LogP contribution in [0.3, 0.4) is 0 Å². The molecule has 7 heteroatoms. The number of ether oxygens (including phenoxy) is 1. The molecule has 2 heterocycles. The third-order valence-corrected chi connectivity index (χ3v) is 5.38. The SMILES string of the molecule is CCOC(=N)c1ccc(-c2cnc3[nH]c(=O)n(CC4CCCCC4)c3n2)cc1. The van der Waals surface area contributed by atoms with E-state index in [1.807, 2.05) is 31.2 Å². The van der Waals surface area contributed by atoms with Gasteiger partial charge in [-0.05, 0) is 37.8 Å². The highest BCUT2D eigenvalue weighted by Crippen LogP contribution is 2.26. The number of benzene rings is 1. The molecule has 2 N–H and O–H groups in total. The van der Waals surface area contributed by atoms with Gasteiger partial charge in [0, 0.05) is 17.7 Å². The molecule has 0 amide bonds. The lowest BCUT2D eigenvalue weighted by molar-refractivity contribution is 0.319. The van der Waals surface area contributed by atoms with E-state index in [4.69, 9.17) is 15.1 Å². The van der Waals surface area contributed by atoms with E-state index in [1.54, 1.807) is 10.8 Å². The molecule has 1 aliphatic rings. The first-order chi connectivity index (χ1) is 13.7. The largest absolute Gasteiger partial charge is 0.478 e. The zero-order chi connectivity index (χ0) is 19.5. The number of imidazole rings is 1. The van der Waals surface area contributed by atoms with Crippen LogP contribution in [0.1, 0.15) is 44.6 Å². The number of aromatic amines is 1. The Labute approximate surface area is 163 Å². The highest BCUT2D eigenvalue weighted by atomic mass is 16.5. The number of aromatic nitrogens is 4. The molecule has 0 aliphatic heterocycles. The Morgan fingerprint density at radius 3 is 2.71 bits per heavy atom. The third kappa shape index (κ3) is 3.69. The summed E-state index contributed by atoms with van der Waals surface area (Å²) in [5, 5.41) is 7.87. The number of rotatable bonds is 5. The first-order valence-electron chi connectivity index (χ1n) is 9.93. The molecule has 0 bridgehead atoms. The maximum atomic E-state index is 12.4. The number of fused-ring (bicyclic) bond motifs is 1. The molecule has 1 saturated carbocycles. The molecular formula is C21H25N5O2. The average Bonchev–Trinajstić information content (AvgIpc) is 3.03. The standard InChI is InChI=1S/C21H25N5O2/c1-2-28-18(22)16-10-8-15(9-11-16)17-12-23-19-20(24-17)26(21(27)25-19)13-14-6-4-3-5-7-14/h8-12,14,22H,2-7,13H2,1H3,(H,23,25,27). The summed E-state index contributed by atoms with van der Waals surface area (Å²) < 4.78 is 6.97. The van der Waals surface area contributed by atoms with Crippen molar-refractivity contribution in [3.8, 4) is 11.3 Å². The second-order valence-corrected chi connectivity index (χ2v) is 7.31. The molecule has 1 fully saturated rings. The zero-order valence-electron chi connectivity index (χ0n) is 16.1. The lowest BCUT2D eigenvalue weighted by Crippen LogP contribution is -2.23. The van der Waals surface area contributed by atoms with Crippen molar-refractivity contribution in [2.75, 3.05) is 6.61 Å². The number of nitrogens with one attached hydrogen (secondary N) is 2. The zero-order valence-corrected chi connectivity index (χ0v) is 16.1. The van der Waals surface area contributed by atoms with E-state index in [0.717, 1.165) is 11.1 Å². The monoisotopic (exact) mass is 379 g/mol. The molecule has 0 spiro atoms. The normalized spacial score (nSPS) is 15.0. The fraction of sp³-hybridized carbons (Fsp3) is 0.429. The summed E-state index contributed by atoms with van der Waals surface area (Å²) in [4.78, 5) is 24.4. The quantitative estimate of drug-likeness (QED) is 0.521. The molecule has 3 aromatic rings. The van der Waals surface area contributed by atoms with E-state index in [0.29, 0.717) is 36.1 Å². The van der Waals surface area contributed by atoms with Crippen molar-refractivity contribution in [1.82, 2.24) is 19.5 Å². The maximum Gasteiger partial charge on any atom is 0.328 e. The molecular weight excluding hydrogens is 354 g/mol. The van der Waals surface area contributed by atoms with Gasteiger partial charge in [-0.15, -0.1) is 0 Å². The van der Waals surface area contributed by atoms with Crippen LogP contribution in [0.4, 0.5) is 0 Å². The van der Waals surface area contributed by atoms with Crippen LogP contribution < -0.4 is 5.69 Å². The van der Waals surface area contributed by atoms with Crippen molar-refractivity contribution in [2.45, 2.75) is 45.6 Å². The topological polar surface area (TPSA) is 96.6 Å². The maximum absolute atomic E-state index is 12.4. The van der Waals surface area contributed by atoms with E-state index in [2.05, 4.69) is 9.97 Å². The number of nitrogens with zero attached hydrogens (tertiary/aromatic N) is 3. The Morgan fingerprint density at radius 2 is 2.00 bits per heavy atom. The van der Waals surface area contributed by atoms with E-state index >= 15 is 0 Å². The summed E-state index contributed by atoms with van der Waals surface area (Å²) in [5.41, 5.74) is 3.31. The van der Waals surface area contributed by atoms with Crippen LogP contribution in [0.15, 0.2) is 35.3 Å². The van der Waals surface area contributed by atoms with Gasteiger partial charge in [0.2, 0.25) is 5.90 Å². The summed E-state index contributed by atoms with van der Waals surface area (Å²) in [6.07, 6.45) is 7.77. The number of hydrogen-bond acceptors (Lipinski definition) is 5. The molecule has 28 heavy (non-hydrogen) atoms. The second kappa shape index (κ2) is 7.96. The summed E-state index contributed by atoms with van der Waals surface area (Å²) >= 11 is 0. The first-order valence-corrected chi connectivity index (χ1v) is 9.93. The minimum atomic E-state index is -0.141. The highest BCUT2D eigenvalue weighted by Gasteiger charge is 2.18. The van der Waals surface area contributed by atoms with Crippen molar-refractivity contribution in [3.63, 3.8) is 0 Å². The van der Waals surface area contributed by atoms with E-state index in [9.17, 15) is 4.79 Å². The van der Waals surface area contributed by atoms with E-state index in [1.165, 1.54) is 32.1 Å². The fourth-order valence-electron chi connectivity index (χ4n) is 3.88. The van der Waals surface area contributed by atoms with Crippen LogP contribution in [-0.2, 0) is 11.3 Å². The predicted molar refractivity (Wildman–Crippen MR) is 109 cm³/mol. The Morgan fingerprint density at radius 1 is 1.25 bits per heavy atom. The van der Waals surface area contributed by atoms with Gasteiger partial charge >= 0.3 is 5.69 Å². The Bertz CT molecular complexity index is 1030. The summed E-state index contributed by atoms with van der Waals surface area (Å²) in [7, 11) is 0. The van der Waals surface area contributed by atoms with Crippen LogP contribution in [0, 0.1) is 11.3 Å². The van der Waals surface area contributed by atoms with Gasteiger partial charge in [-0.1, -0.05) is 31.4 Å². The lowest BCUT2D eigenvalue weighted by atomic mass is 9.89. The minimum Gasteiger partial charge on any atom is -0.478 e. The minimum absolute atomic E-state index is 0.141. The van der Waals surface area contributed by atoms with Crippen molar-refractivity contribution in [2.24, 2.45) is 5.92 Å². The third-order valence-electron chi connectivity index (χ3n) is 5.38. The first kappa shape index (κ1) is 18.4. The number of hydrogen-bond donors (Lipinski definition) is 2. The van der Waals surface area contributed by atoms with Crippen LogP contribution in [0.2, 0.25) is 0 Å². The molecule has 2 aromatic heterocycles. The Hall–Kier alpha value is -2.96. The summed E-state index contributed by atoms with van der Waals surface area (Å²) in [6, 6.07) is 7.47. The van der Waals surface area contributed by atoms with Crippen LogP contribution >= 0.6 is 0 Å².